The third-order valence-corrected chi connectivity index (χ3v) is 6.89. The molecule has 4 heteroatoms. The summed E-state index contributed by atoms with van der Waals surface area (Å²) in [7, 11) is 1.46. The third-order valence-electron chi connectivity index (χ3n) is 6.36. The van der Waals surface area contributed by atoms with E-state index in [1.165, 1.54) is 7.11 Å². The quantitative estimate of drug-likeness (QED) is 0.267. The fourth-order valence-corrected chi connectivity index (χ4v) is 5.18. The fraction of sp³-hybridized carbons (Fsp3) is 0.100. The van der Waals surface area contributed by atoms with Gasteiger partial charge in [-0.05, 0) is 46.5 Å². The molecule has 0 aromatic heterocycles. The first-order valence-electron chi connectivity index (χ1n) is 11.2. The Labute approximate surface area is 208 Å². The van der Waals surface area contributed by atoms with Crippen LogP contribution in [0.1, 0.15) is 22.7 Å². The van der Waals surface area contributed by atoms with Crippen molar-refractivity contribution in [3.63, 3.8) is 0 Å². The Hall–Kier alpha value is -3.63. The highest BCUT2D eigenvalue weighted by molar-refractivity contribution is 9.10. The molecule has 4 aromatic rings. The van der Waals surface area contributed by atoms with E-state index in [0.717, 1.165) is 32.4 Å². The number of esters is 1. The molecule has 0 bridgehead atoms. The maximum Gasteiger partial charge on any atom is 0.341 e. The zero-order valence-corrected chi connectivity index (χ0v) is 20.4. The van der Waals surface area contributed by atoms with Crippen molar-refractivity contribution in [2.24, 2.45) is 0 Å². The normalized spacial score (nSPS) is 19.5. The molecular formula is C30H24BrNO2. The number of hydrogen-bond acceptors (Lipinski definition) is 3. The summed E-state index contributed by atoms with van der Waals surface area (Å²) >= 11 is 3.56. The summed E-state index contributed by atoms with van der Waals surface area (Å²) in [5.41, 5.74) is 3.60. The van der Waals surface area contributed by atoms with E-state index in [9.17, 15) is 4.79 Å². The lowest BCUT2D eigenvalue weighted by Crippen LogP contribution is -2.51. The second-order valence-corrected chi connectivity index (χ2v) is 9.13. The molecule has 0 N–H and O–H groups in total. The molecule has 5 rings (SSSR count). The van der Waals surface area contributed by atoms with Gasteiger partial charge in [-0.25, -0.2) is 4.79 Å². The van der Waals surface area contributed by atoms with Gasteiger partial charge in [0, 0.05) is 10.2 Å². The average Bonchev–Trinajstić information content (AvgIpc) is 3.27. The van der Waals surface area contributed by atoms with Crippen LogP contribution in [0.15, 0.2) is 126 Å². The Morgan fingerprint density at radius 3 is 1.94 bits per heavy atom. The van der Waals surface area contributed by atoms with E-state index in [-0.39, 0.29) is 12.0 Å². The van der Waals surface area contributed by atoms with Crippen molar-refractivity contribution in [1.82, 2.24) is 0 Å². The number of carbonyl (C=O) groups excluding carboxylic acids is 1. The summed E-state index contributed by atoms with van der Waals surface area (Å²) in [6, 6.07) is 38.2. The molecule has 0 spiro atoms. The Balaban J connectivity index is 1.87. The lowest BCUT2D eigenvalue weighted by molar-refractivity contribution is -0.145. The predicted octanol–water partition coefficient (Wildman–Crippen LogP) is 7.16. The molecule has 0 amide bonds. The van der Waals surface area contributed by atoms with Crippen LogP contribution in [0.25, 0.3) is 5.57 Å². The molecule has 2 unspecified atom stereocenters. The molecular weight excluding hydrogens is 486 g/mol. The molecule has 34 heavy (non-hydrogen) atoms. The van der Waals surface area contributed by atoms with E-state index in [1.807, 2.05) is 91.0 Å². The Morgan fingerprint density at radius 1 is 0.794 bits per heavy atom. The van der Waals surface area contributed by atoms with Gasteiger partial charge in [0.15, 0.2) is 5.54 Å². The SMILES string of the molecule is COC(=O)C1(c2ccccc2)C(c2ccccc2)=CC(c2ccccc2)N1c1ccc(Br)cc1. The van der Waals surface area contributed by atoms with E-state index < -0.39 is 5.54 Å². The first kappa shape index (κ1) is 22.2. The molecule has 0 radical (unpaired) electrons. The first-order valence-corrected chi connectivity index (χ1v) is 12.0. The number of halogens is 1. The molecule has 0 fully saturated rings. The van der Waals surface area contributed by atoms with E-state index in [1.54, 1.807) is 0 Å². The van der Waals surface area contributed by atoms with Crippen LogP contribution >= 0.6 is 15.9 Å². The molecule has 1 aliphatic heterocycles. The molecule has 3 nitrogen and oxygen atoms in total. The van der Waals surface area contributed by atoms with Crippen molar-refractivity contribution in [2.45, 2.75) is 11.6 Å². The van der Waals surface area contributed by atoms with Gasteiger partial charge in [-0.2, -0.15) is 0 Å². The second-order valence-electron chi connectivity index (χ2n) is 8.22. The van der Waals surface area contributed by atoms with Crippen LogP contribution in [0.2, 0.25) is 0 Å². The van der Waals surface area contributed by atoms with Crippen molar-refractivity contribution in [1.29, 1.82) is 0 Å². The summed E-state index contributed by atoms with van der Waals surface area (Å²) in [5.74, 6) is -0.324. The standard InChI is InChI=1S/C30H24BrNO2/c1-34-29(33)30(24-15-9-4-10-16-24)27(22-11-5-2-6-12-22)21-28(23-13-7-3-8-14-23)32(30)26-19-17-25(31)18-20-26/h2-21,28H,1H3. The maximum atomic E-state index is 14.0. The summed E-state index contributed by atoms with van der Waals surface area (Å²) < 4.78 is 6.55. The minimum Gasteiger partial charge on any atom is -0.467 e. The van der Waals surface area contributed by atoms with Crippen LogP contribution in [0.4, 0.5) is 5.69 Å². The van der Waals surface area contributed by atoms with Gasteiger partial charge in [0.25, 0.3) is 0 Å². The lowest BCUT2D eigenvalue weighted by Gasteiger charge is -2.43. The minimum absolute atomic E-state index is 0.183. The summed E-state index contributed by atoms with van der Waals surface area (Å²) in [6.45, 7) is 0. The zero-order chi connectivity index (χ0) is 23.5. The first-order chi connectivity index (χ1) is 16.7. The van der Waals surface area contributed by atoms with Crippen molar-refractivity contribution in [3.05, 3.63) is 143 Å². The van der Waals surface area contributed by atoms with Gasteiger partial charge in [0.1, 0.15) is 0 Å². The summed E-state index contributed by atoms with van der Waals surface area (Å²) in [6.07, 6.45) is 2.20. The van der Waals surface area contributed by atoms with Gasteiger partial charge >= 0.3 is 5.97 Å². The van der Waals surface area contributed by atoms with Gasteiger partial charge in [0.2, 0.25) is 0 Å². The highest BCUT2D eigenvalue weighted by Gasteiger charge is 2.56. The molecule has 0 saturated carbocycles. The number of rotatable bonds is 5. The van der Waals surface area contributed by atoms with E-state index in [0.29, 0.717) is 0 Å². The van der Waals surface area contributed by atoms with Crippen LogP contribution in [0, 0.1) is 0 Å². The number of anilines is 1. The molecule has 4 aromatic carbocycles. The molecule has 0 aliphatic carbocycles. The lowest BCUT2D eigenvalue weighted by atomic mass is 9.79. The van der Waals surface area contributed by atoms with Gasteiger partial charge in [0.05, 0.1) is 13.2 Å². The van der Waals surface area contributed by atoms with Crippen LogP contribution in [-0.4, -0.2) is 13.1 Å². The highest BCUT2D eigenvalue weighted by Crippen LogP contribution is 2.54. The van der Waals surface area contributed by atoms with Crippen LogP contribution in [-0.2, 0) is 15.1 Å². The molecule has 2 atom stereocenters. The fourth-order valence-electron chi connectivity index (χ4n) is 4.91. The van der Waals surface area contributed by atoms with E-state index in [2.05, 4.69) is 51.2 Å². The van der Waals surface area contributed by atoms with Gasteiger partial charge in [-0.3, -0.25) is 0 Å². The Kier molecular flexibility index (Phi) is 6.08. The Bertz CT molecular complexity index is 1300. The number of carbonyl (C=O) groups is 1. The second kappa shape index (κ2) is 9.32. The molecule has 1 aliphatic rings. The zero-order valence-electron chi connectivity index (χ0n) is 18.8. The molecule has 168 valence electrons. The van der Waals surface area contributed by atoms with E-state index in [4.69, 9.17) is 4.74 Å². The van der Waals surface area contributed by atoms with Crippen molar-refractivity contribution in [2.75, 3.05) is 12.0 Å². The Morgan fingerprint density at radius 2 is 1.35 bits per heavy atom. The number of benzene rings is 4. The molecule has 0 saturated heterocycles. The van der Waals surface area contributed by atoms with E-state index >= 15 is 0 Å². The van der Waals surface area contributed by atoms with Crippen LogP contribution in [0.5, 0.6) is 0 Å². The monoisotopic (exact) mass is 509 g/mol. The molecule has 1 heterocycles. The van der Waals surface area contributed by atoms with Crippen molar-refractivity contribution in [3.8, 4) is 0 Å². The van der Waals surface area contributed by atoms with Gasteiger partial charge in [-0.15, -0.1) is 0 Å². The summed E-state index contributed by atoms with van der Waals surface area (Å²) in [4.78, 5) is 16.2. The maximum absolute atomic E-state index is 14.0. The van der Waals surface area contributed by atoms with Gasteiger partial charge < -0.3 is 9.64 Å². The topological polar surface area (TPSA) is 29.5 Å². The number of hydrogen-bond donors (Lipinski definition) is 0. The predicted molar refractivity (Wildman–Crippen MR) is 140 cm³/mol. The summed E-state index contributed by atoms with van der Waals surface area (Å²) in [5, 5.41) is 0. The van der Waals surface area contributed by atoms with Gasteiger partial charge in [-0.1, -0.05) is 113 Å². The van der Waals surface area contributed by atoms with Crippen molar-refractivity contribution >= 4 is 33.2 Å². The van der Waals surface area contributed by atoms with Crippen LogP contribution in [0.3, 0.4) is 0 Å². The number of ether oxygens (including phenoxy) is 1. The van der Waals surface area contributed by atoms with Crippen molar-refractivity contribution < 1.29 is 9.53 Å². The number of nitrogens with zero attached hydrogens (tertiary/aromatic N) is 1. The minimum atomic E-state index is -1.17. The highest BCUT2D eigenvalue weighted by atomic mass is 79.9. The van der Waals surface area contributed by atoms with Crippen LogP contribution < -0.4 is 4.90 Å². The number of methoxy groups -OCH3 is 1. The largest absolute Gasteiger partial charge is 0.467 e. The third kappa shape index (κ3) is 3.64. The smallest absolute Gasteiger partial charge is 0.341 e. The average molecular weight is 510 g/mol.